The number of aromatic hydroxyl groups is 1. The molecule has 0 aliphatic carbocycles. The van der Waals surface area contributed by atoms with Crippen LogP contribution in [0.15, 0.2) is 23.8 Å². The molecular formula is C15H21N5O2S2+2. The molecule has 0 aromatic carbocycles. The second-order valence-corrected chi connectivity index (χ2v) is 8.06. The Hall–Kier alpha value is -1.52. The van der Waals surface area contributed by atoms with Crippen molar-refractivity contribution in [2.24, 2.45) is 0 Å². The third kappa shape index (κ3) is 2.82. The lowest BCUT2D eigenvalue weighted by Crippen LogP contribution is -3.28. The van der Waals surface area contributed by atoms with Crippen molar-refractivity contribution in [3.63, 3.8) is 0 Å². The molecule has 128 valence electrons. The Balaban J connectivity index is 1.66. The maximum Gasteiger partial charge on any atom is 0.235 e. The van der Waals surface area contributed by atoms with E-state index in [0.29, 0.717) is 0 Å². The van der Waals surface area contributed by atoms with Gasteiger partial charge in [0.25, 0.3) is 0 Å². The van der Waals surface area contributed by atoms with Crippen LogP contribution < -0.4 is 9.80 Å². The van der Waals surface area contributed by atoms with E-state index in [1.165, 1.54) is 36.9 Å². The number of fused-ring (bicyclic) bond motifs is 1. The maximum atomic E-state index is 10.6. The van der Waals surface area contributed by atoms with Gasteiger partial charge >= 0.3 is 0 Å². The topological polar surface area (TPSA) is 79.5 Å². The van der Waals surface area contributed by atoms with Gasteiger partial charge in [-0.3, -0.25) is 0 Å². The fraction of sp³-hybridized carbons (Fsp3) is 0.467. The average Bonchev–Trinajstić information content (AvgIpc) is 3.31. The van der Waals surface area contributed by atoms with Crippen LogP contribution in [0.3, 0.4) is 0 Å². The van der Waals surface area contributed by atoms with Gasteiger partial charge in [-0.2, -0.15) is 9.61 Å². The highest BCUT2D eigenvalue weighted by molar-refractivity contribution is 7.17. The largest absolute Gasteiger partial charge is 0.492 e. The fourth-order valence-electron chi connectivity index (χ4n) is 3.47. The van der Waals surface area contributed by atoms with Crippen LogP contribution in [0.5, 0.6) is 5.88 Å². The number of aliphatic hydroxyl groups is 1. The van der Waals surface area contributed by atoms with Crippen molar-refractivity contribution in [3.8, 4) is 5.88 Å². The molecule has 1 atom stereocenters. The number of thiophene rings is 1. The molecule has 1 aliphatic heterocycles. The molecule has 0 unspecified atom stereocenters. The number of thiazole rings is 1. The number of aromatic nitrogens is 3. The van der Waals surface area contributed by atoms with E-state index in [0.717, 1.165) is 42.6 Å². The number of nitrogens with zero attached hydrogens (tertiary/aromatic N) is 3. The minimum Gasteiger partial charge on any atom is -0.492 e. The number of piperazine rings is 1. The Morgan fingerprint density at radius 2 is 2.12 bits per heavy atom. The SMILES string of the molecule is OCC[NH+]1CC[NH+]([C@@H](c2cccs2)c2sc3ncnn3c2O)CC1. The molecule has 3 aromatic rings. The number of nitrogens with one attached hydrogen (secondary N) is 2. The lowest BCUT2D eigenvalue weighted by atomic mass is 10.1. The van der Waals surface area contributed by atoms with E-state index in [1.54, 1.807) is 11.3 Å². The van der Waals surface area contributed by atoms with Crippen LogP contribution in [0.2, 0.25) is 0 Å². The third-order valence-electron chi connectivity index (χ3n) is 4.70. The van der Waals surface area contributed by atoms with Crippen LogP contribution >= 0.6 is 22.7 Å². The Bertz CT molecular complexity index is 792. The molecule has 7 nitrogen and oxygen atoms in total. The van der Waals surface area contributed by atoms with Crippen molar-refractivity contribution < 1.29 is 20.0 Å². The Kier molecular flexibility index (Phi) is 4.51. The first-order valence-electron chi connectivity index (χ1n) is 8.11. The van der Waals surface area contributed by atoms with Gasteiger partial charge in [0, 0.05) is 0 Å². The zero-order valence-corrected chi connectivity index (χ0v) is 14.8. The maximum absolute atomic E-state index is 10.6. The van der Waals surface area contributed by atoms with E-state index in [2.05, 4.69) is 27.6 Å². The lowest BCUT2D eigenvalue weighted by molar-refractivity contribution is -1.02. The molecule has 3 aromatic heterocycles. The lowest BCUT2D eigenvalue weighted by Gasteiger charge is -2.33. The van der Waals surface area contributed by atoms with E-state index in [1.807, 2.05) is 0 Å². The van der Waals surface area contributed by atoms with Crippen molar-refractivity contribution in [1.82, 2.24) is 14.6 Å². The Labute approximate surface area is 147 Å². The summed E-state index contributed by atoms with van der Waals surface area (Å²) in [6, 6.07) is 4.33. The second-order valence-electron chi connectivity index (χ2n) is 6.07. The normalized spacial score (nSPS) is 22.9. The smallest absolute Gasteiger partial charge is 0.235 e. The van der Waals surface area contributed by atoms with E-state index in [4.69, 9.17) is 5.11 Å². The molecule has 4 N–H and O–H groups in total. The minimum absolute atomic E-state index is 0.120. The van der Waals surface area contributed by atoms with Gasteiger partial charge in [0.05, 0.1) is 11.5 Å². The molecule has 0 spiro atoms. The van der Waals surface area contributed by atoms with Gasteiger partial charge in [0.15, 0.2) is 6.04 Å². The summed E-state index contributed by atoms with van der Waals surface area (Å²) in [5, 5.41) is 26.0. The number of aliphatic hydroxyl groups excluding tert-OH is 1. The van der Waals surface area contributed by atoms with Gasteiger partial charge in [-0.05, 0) is 11.4 Å². The van der Waals surface area contributed by atoms with E-state index >= 15 is 0 Å². The summed E-state index contributed by atoms with van der Waals surface area (Å²) in [5.41, 5.74) is 0. The number of hydrogen-bond donors (Lipinski definition) is 4. The summed E-state index contributed by atoms with van der Waals surface area (Å²) in [6.45, 7) is 5.18. The molecule has 0 amide bonds. The van der Waals surface area contributed by atoms with Crippen LogP contribution in [-0.2, 0) is 0 Å². The summed E-state index contributed by atoms with van der Waals surface area (Å²) in [6.07, 6.45) is 1.47. The van der Waals surface area contributed by atoms with Gasteiger partial charge in [-0.1, -0.05) is 17.4 Å². The third-order valence-corrected chi connectivity index (χ3v) is 6.74. The molecular weight excluding hydrogens is 346 g/mol. The van der Waals surface area contributed by atoms with Gasteiger partial charge < -0.3 is 20.0 Å². The number of quaternary nitrogens is 2. The second kappa shape index (κ2) is 6.77. The predicted molar refractivity (Wildman–Crippen MR) is 92.0 cm³/mol. The van der Waals surface area contributed by atoms with Crippen LogP contribution in [0.25, 0.3) is 4.96 Å². The molecule has 0 bridgehead atoms. The van der Waals surface area contributed by atoms with Crippen LogP contribution in [-0.4, -0.2) is 64.1 Å². The Morgan fingerprint density at radius 1 is 1.29 bits per heavy atom. The average molecular weight is 368 g/mol. The first kappa shape index (κ1) is 16.0. The van der Waals surface area contributed by atoms with Crippen molar-refractivity contribution >= 4 is 27.6 Å². The molecule has 4 rings (SSSR count). The summed E-state index contributed by atoms with van der Waals surface area (Å²) in [5.74, 6) is 0.212. The van der Waals surface area contributed by atoms with E-state index in [9.17, 15) is 5.11 Å². The summed E-state index contributed by atoms with van der Waals surface area (Å²) >= 11 is 3.25. The number of rotatable bonds is 5. The molecule has 9 heteroatoms. The molecule has 1 aliphatic rings. The summed E-state index contributed by atoms with van der Waals surface area (Å²) < 4.78 is 1.52. The minimum atomic E-state index is 0.120. The molecule has 1 saturated heterocycles. The van der Waals surface area contributed by atoms with Crippen LogP contribution in [0, 0.1) is 0 Å². The van der Waals surface area contributed by atoms with Gasteiger partial charge in [0.1, 0.15) is 43.9 Å². The zero-order chi connectivity index (χ0) is 16.5. The monoisotopic (exact) mass is 367 g/mol. The van der Waals surface area contributed by atoms with Gasteiger partial charge in [0.2, 0.25) is 10.8 Å². The molecule has 1 fully saturated rings. The molecule has 0 saturated carbocycles. The molecule has 24 heavy (non-hydrogen) atoms. The van der Waals surface area contributed by atoms with E-state index < -0.39 is 0 Å². The van der Waals surface area contributed by atoms with Gasteiger partial charge in [-0.25, -0.2) is 4.98 Å². The standard InChI is InChI=1S/C15H19N5O2S2/c21-8-7-18-3-5-19(6-4-18)12(11-2-1-9-23-11)13-14(22)20-15(24-13)16-10-17-20/h1-2,9-10,12,21-22H,3-8H2/p+2/t12-/m0/s1. The summed E-state index contributed by atoms with van der Waals surface area (Å²) in [7, 11) is 0. The first-order valence-corrected chi connectivity index (χ1v) is 9.81. The highest BCUT2D eigenvalue weighted by atomic mass is 32.1. The fourth-order valence-corrected chi connectivity index (χ4v) is 5.55. The van der Waals surface area contributed by atoms with Crippen molar-refractivity contribution in [2.75, 3.05) is 39.3 Å². The van der Waals surface area contributed by atoms with E-state index in [-0.39, 0.29) is 18.5 Å². The highest BCUT2D eigenvalue weighted by Crippen LogP contribution is 2.35. The first-order chi connectivity index (χ1) is 11.8. The number of hydrogen-bond acceptors (Lipinski definition) is 6. The quantitative estimate of drug-likeness (QED) is 0.439. The van der Waals surface area contributed by atoms with Crippen molar-refractivity contribution in [3.05, 3.63) is 33.6 Å². The van der Waals surface area contributed by atoms with Crippen LogP contribution in [0.1, 0.15) is 15.8 Å². The van der Waals surface area contributed by atoms with Gasteiger partial charge in [-0.15, -0.1) is 11.3 Å². The van der Waals surface area contributed by atoms with Crippen LogP contribution in [0.4, 0.5) is 0 Å². The molecule has 4 heterocycles. The predicted octanol–water partition coefficient (Wildman–Crippen LogP) is -1.58. The van der Waals surface area contributed by atoms with Crippen molar-refractivity contribution in [2.45, 2.75) is 6.04 Å². The summed E-state index contributed by atoms with van der Waals surface area (Å²) in [4.78, 5) is 10.1. The highest BCUT2D eigenvalue weighted by Gasteiger charge is 2.36. The molecule has 0 radical (unpaired) electrons. The zero-order valence-electron chi connectivity index (χ0n) is 13.2. The van der Waals surface area contributed by atoms with Crippen molar-refractivity contribution in [1.29, 1.82) is 0 Å². The Morgan fingerprint density at radius 3 is 2.79 bits per heavy atom.